The highest BCUT2D eigenvalue weighted by atomic mass is 16.1. The van der Waals surface area contributed by atoms with Crippen LogP contribution in [0.5, 0.6) is 0 Å². The van der Waals surface area contributed by atoms with Crippen LogP contribution in [-0.4, -0.2) is 4.40 Å². The number of benzene rings is 8. The van der Waals surface area contributed by atoms with Gasteiger partial charge in [0.2, 0.25) is 0 Å². The first-order valence-electron chi connectivity index (χ1n) is 28.3. The van der Waals surface area contributed by atoms with Crippen LogP contribution in [0.4, 0.5) is 34.1 Å². The van der Waals surface area contributed by atoms with E-state index in [0.29, 0.717) is 27.1 Å². The molecule has 0 radical (unpaired) electrons. The fourth-order valence-corrected chi connectivity index (χ4v) is 11.3. The van der Waals surface area contributed by atoms with Gasteiger partial charge in [-0.15, -0.1) is 0 Å². The summed E-state index contributed by atoms with van der Waals surface area (Å²) in [6.45, 7) is 40.1. The first kappa shape index (κ1) is 54.8. The van der Waals surface area contributed by atoms with Gasteiger partial charge in [-0.05, 0) is 168 Å². The molecule has 0 bridgehead atoms. The molecular formula is C74H81N3O2. The summed E-state index contributed by atoms with van der Waals surface area (Å²) in [7, 11) is 0. The van der Waals surface area contributed by atoms with Gasteiger partial charge in [-0.3, -0.25) is 9.59 Å². The van der Waals surface area contributed by atoms with E-state index in [1.807, 2.05) is 0 Å². The minimum Gasteiger partial charge on any atom is -0.310 e. The van der Waals surface area contributed by atoms with Crippen molar-refractivity contribution in [1.82, 2.24) is 4.40 Å². The van der Waals surface area contributed by atoms with Crippen LogP contribution in [0.15, 0.2) is 173 Å². The van der Waals surface area contributed by atoms with Gasteiger partial charge < -0.3 is 14.2 Å². The molecule has 2 heterocycles. The molecule has 0 saturated heterocycles. The highest BCUT2D eigenvalue weighted by Gasteiger charge is 2.30. The molecule has 0 aliphatic carbocycles. The lowest BCUT2D eigenvalue weighted by molar-refractivity contribution is 0.590. The zero-order valence-corrected chi connectivity index (χ0v) is 50.2. The average molecular weight is 1040 g/mol. The number of rotatable bonds is 7. The molecule has 0 spiro atoms. The largest absolute Gasteiger partial charge is 0.310 e. The molecule has 8 aromatic carbocycles. The minimum absolute atomic E-state index is 0.0651. The van der Waals surface area contributed by atoms with Crippen LogP contribution in [0.1, 0.15) is 158 Å². The van der Waals surface area contributed by atoms with E-state index >= 15 is 9.59 Å². The number of nitrogens with zero attached hydrogens (tertiary/aromatic N) is 3. The quantitative estimate of drug-likeness (QED) is 0.118. The van der Waals surface area contributed by atoms with Crippen LogP contribution >= 0.6 is 0 Å². The maximum absolute atomic E-state index is 15.8. The number of hydrogen-bond acceptors (Lipinski definition) is 4. The Labute approximate surface area is 469 Å². The third-order valence-electron chi connectivity index (χ3n) is 16.3. The van der Waals surface area contributed by atoms with Gasteiger partial charge in [0.15, 0.2) is 10.9 Å². The molecule has 10 aromatic rings. The lowest BCUT2D eigenvalue weighted by Crippen LogP contribution is -2.19. The highest BCUT2D eigenvalue weighted by molar-refractivity contribution is 6.11. The average Bonchev–Trinajstić information content (AvgIpc) is 3.35. The van der Waals surface area contributed by atoms with Crippen molar-refractivity contribution in [3.8, 4) is 11.1 Å². The van der Waals surface area contributed by atoms with E-state index in [-0.39, 0.29) is 43.3 Å². The Kier molecular flexibility index (Phi) is 13.3. The smallest absolute Gasteiger partial charge is 0.197 e. The van der Waals surface area contributed by atoms with Crippen molar-refractivity contribution in [3.63, 3.8) is 0 Å². The number of aromatic nitrogens is 1. The van der Waals surface area contributed by atoms with E-state index < -0.39 is 0 Å². The predicted octanol–water partition coefficient (Wildman–Crippen LogP) is 19.9. The zero-order valence-electron chi connectivity index (χ0n) is 50.2. The first-order chi connectivity index (χ1) is 36.8. The van der Waals surface area contributed by atoms with Crippen molar-refractivity contribution in [2.24, 2.45) is 0 Å². The summed E-state index contributed by atoms with van der Waals surface area (Å²) in [4.78, 5) is 36.4. The Hall–Kier alpha value is -7.50. The van der Waals surface area contributed by atoms with Crippen LogP contribution < -0.4 is 20.7 Å². The van der Waals surface area contributed by atoms with Gasteiger partial charge in [0.05, 0.1) is 27.9 Å². The second-order valence-corrected chi connectivity index (χ2v) is 28.4. The van der Waals surface area contributed by atoms with Gasteiger partial charge in [0.1, 0.15) is 0 Å². The highest BCUT2D eigenvalue weighted by Crippen LogP contribution is 2.51. The molecule has 0 fully saturated rings. The summed E-state index contributed by atoms with van der Waals surface area (Å²) < 4.78 is 2.19. The van der Waals surface area contributed by atoms with Crippen LogP contribution in [-0.2, 0) is 32.5 Å². The summed E-state index contributed by atoms with van der Waals surface area (Å²) in [5, 5.41) is 2.24. The molecule has 0 N–H and O–H groups in total. The molecule has 10 rings (SSSR count). The summed E-state index contributed by atoms with van der Waals surface area (Å²) in [5.41, 5.74) is 15.7. The van der Waals surface area contributed by atoms with Crippen molar-refractivity contribution in [3.05, 3.63) is 218 Å². The molecule has 0 atom stereocenters. The van der Waals surface area contributed by atoms with E-state index in [2.05, 4.69) is 303 Å². The van der Waals surface area contributed by atoms with E-state index in [1.165, 1.54) is 22.3 Å². The lowest BCUT2D eigenvalue weighted by Gasteiger charge is -2.34. The topological polar surface area (TPSA) is 45.0 Å². The Balaban J connectivity index is 1.40. The number of hydrogen-bond donors (Lipinski definition) is 0. The van der Waals surface area contributed by atoms with Crippen LogP contribution in [0, 0.1) is 0 Å². The van der Waals surface area contributed by atoms with Gasteiger partial charge in [0.25, 0.3) is 0 Å². The number of fused-ring (bicyclic) bond motifs is 4. The molecule has 5 heteroatoms. The fourth-order valence-electron chi connectivity index (χ4n) is 11.3. The molecule has 0 amide bonds. The Morgan fingerprint density at radius 1 is 0.304 bits per heavy atom. The Bertz CT molecular complexity index is 3690. The SMILES string of the molecule is CC(C)(C)c1ccc(N(c2ccc(C(C)(C)C)cc2)c2cccc(N(c3ccc(C(C)(C)C)cc3)c3ccc(C(C)(C)C)cc3)c2-c2cc3c(=O)c4cc(C(C)(C)C)ccc4n4c5ccc(C(C)(C)C)cc5c(=O)c(c2)c34)cc1. The van der Waals surface area contributed by atoms with Gasteiger partial charge in [-0.25, -0.2) is 0 Å². The third kappa shape index (κ3) is 10.2. The Morgan fingerprint density at radius 3 is 0.835 bits per heavy atom. The molecule has 79 heavy (non-hydrogen) atoms. The second-order valence-electron chi connectivity index (χ2n) is 28.4. The van der Waals surface area contributed by atoms with Crippen molar-refractivity contribution in [2.75, 3.05) is 9.80 Å². The molecule has 0 aliphatic heterocycles. The number of anilines is 6. The molecule has 0 aliphatic rings. The first-order valence-corrected chi connectivity index (χ1v) is 28.3. The van der Waals surface area contributed by atoms with Gasteiger partial charge >= 0.3 is 0 Å². The van der Waals surface area contributed by atoms with Crippen LogP contribution in [0.3, 0.4) is 0 Å². The van der Waals surface area contributed by atoms with Gasteiger partial charge in [-0.2, -0.15) is 0 Å². The molecule has 404 valence electrons. The summed E-state index contributed by atoms with van der Waals surface area (Å²) >= 11 is 0. The normalized spacial score (nSPS) is 13.0. The molecule has 0 saturated carbocycles. The summed E-state index contributed by atoms with van der Waals surface area (Å²) in [5.74, 6) is 0. The monoisotopic (exact) mass is 1040 g/mol. The number of pyridine rings is 2. The van der Waals surface area contributed by atoms with E-state index in [1.54, 1.807) is 0 Å². The van der Waals surface area contributed by atoms with Gasteiger partial charge in [-0.1, -0.05) is 191 Å². The van der Waals surface area contributed by atoms with Gasteiger partial charge in [0, 0.05) is 49.9 Å². The lowest BCUT2D eigenvalue weighted by atomic mass is 9.85. The van der Waals surface area contributed by atoms with E-state index in [4.69, 9.17) is 0 Å². The van der Waals surface area contributed by atoms with Crippen LogP contribution in [0.2, 0.25) is 0 Å². The Morgan fingerprint density at radius 2 is 0.570 bits per heavy atom. The molecule has 0 unspecified atom stereocenters. The van der Waals surface area contributed by atoms with Crippen molar-refractivity contribution >= 4 is 72.2 Å². The van der Waals surface area contributed by atoms with E-state index in [0.717, 1.165) is 67.4 Å². The van der Waals surface area contributed by atoms with Crippen molar-refractivity contribution < 1.29 is 0 Å². The predicted molar refractivity (Wildman–Crippen MR) is 341 cm³/mol. The fraction of sp³-hybridized carbons (Fsp3) is 0.324. The van der Waals surface area contributed by atoms with Crippen LogP contribution in [0.25, 0.3) is 49.2 Å². The zero-order chi connectivity index (χ0) is 57.1. The standard InChI is InChI=1S/C74H81N3O2/c1-69(2,3)47-22-32-53(33-23-47)75(54-34-24-48(25-35-54)70(4,5)6)63-20-19-21-64(76(55-36-26-49(27-37-55)71(7,8)9)56-38-28-50(29-39-56)72(10,11)12)65(63)46-42-59-66-60(43-46)68(79)58-45-52(74(16,17)18)31-41-62(58)77(66)61-40-30-51(73(13,14)15)44-57(61)67(59)78/h19-45H,1-18H3. The molecule has 5 nitrogen and oxygen atoms in total. The van der Waals surface area contributed by atoms with E-state index in [9.17, 15) is 0 Å². The van der Waals surface area contributed by atoms with Crippen molar-refractivity contribution in [2.45, 2.75) is 157 Å². The van der Waals surface area contributed by atoms with Crippen molar-refractivity contribution in [1.29, 1.82) is 0 Å². The maximum Gasteiger partial charge on any atom is 0.197 e. The summed E-state index contributed by atoms with van der Waals surface area (Å²) in [6, 6.07) is 59.2. The molecule has 2 aromatic heterocycles. The second kappa shape index (κ2) is 19.1. The summed E-state index contributed by atoms with van der Waals surface area (Å²) in [6.07, 6.45) is 0. The third-order valence-corrected chi connectivity index (χ3v) is 16.3. The maximum atomic E-state index is 15.8. The molecular weight excluding hydrogens is 963 g/mol. The minimum atomic E-state index is -0.215.